The number of piperidine rings is 1. The Bertz CT molecular complexity index is 810. The van der Waals surface area contributed by atoms with Crippen molar-refractivity contribution >= 4 is 35.2 Å². The highest BCUT2D eigenvalue weighted by molar-refractivity contribution is 8.00. The van der Waals surface area contributed by atoms with Gasteiger partial charge in [-0.05, 0) is 38.0 Å². The molecule has 1 saturated heterocycles. The molecule has 1 aromatic carbocycles. The number of H-pyrrole nitrogens is 1. The van der Waals surface area contributed by atoms with Gasteiger partial charge in [0, 0.05) is 29.6 Å². The molecule has 3 rings (SSSR count). The normalized spacial score (nSPS) is 18.5. The van der Waals surface area contributed by atoms with Crippen molar-refractivity contribution in [3.8, 4) is 0 Å². The first-order valence-corrected chi connectivity index (χ1v) is 9.76. The van der Waals surface area contributed by atoms with Gasteiger partial charge < -0.3 is 10.6 Å². The average Bonchev–Trinajstić information content (AvgIpc) is 3.13. The third-order valence-corrected chi connectivity index (χ3v) is 6.12. The van der Waals surface area contributed by atoms with Gasteiger partial charge in [-0.25, -0.2) is 0 Å². The Balaban J connectivity index is 1.65. The summed E-state index contributed by atoms with van der Waals surface area (Å²) in [6.45, 7) is 3.24. The van der Waals surface area contributed by atoms with E-state index >= 15 is 0 Å². The molecular formula is C18H21ClN4O2S. The SMILES string of the molecule is C[C@@H](Sc1ccccc1Cl)C(=O)N1CCC[C@@H](c2cc(C(N)=O)n[nH]2)C1. The molecule has 0 radical (unpaired) electrons. The number of aromatic amines is 1. The number of hydrogen-bond donors (Lipinski definition) is 2. The molecule has 1 aliphatic heterocycles. The second kappa shape index (κ2) is 8.14. The quantitative estimate of drug-likeness (QED) is 0.765. The van der Waals surface area contributed by atoms with Crippen molar-refractivity contribution in [3.63, 3.8) is 0 Å². The molecule has 0 unspecified atom stereocenters. The van der Waals surface area contributed by atoms with Crippen molar-refractivity contribution in [2.75, 3.05) is 13.1 Å². The molecule has 1 fully saturated rings. The molecule has 2 amide bonds. The largest absolute Gasteiger partial charge is 0.364 e. The monoisotopic (exact) mass is 392 g/mol. The van der Waals surface area contributed by atoms with Gasteiger partial charge in [-0.1, -0.05) is 23.7 Å². The summed E-state index contributed by atoms with van der Waals surface area (Å²) in [4.78, 5) is 26.9. The molecule has 1 aromatic heterocycles. The standard InChI is InChI=1S/C18H21ClN4O2S/c1-11(26-16-7-3-2-6-13(16)19)18(25)23-8-4-5-12(10-23)14-9-15(17(20)24)22-21-14/h2-3,6-7,9,11-12H,4-5,8,10H2,1H3,(H2,20,24)(H,21,22)/t11-,12-/m1/s1. The fourth-order valence-corrected chi connectivity index (χ4v) is 4.38. The molecule has 138 valence electrons. The van der Waals surface area contributed by atoms with Crippen molar-refractivity contribution in [1.29, 1.82) is 0 Å². The number of carbonyl (C=O) groups is 2. The summed E-state index contributed by atoms with van der Waals surface area (Å²) in [7, 11) is 0. The van der Waals surface area contributed by atoms with Crippen LogP contribution in [0.25, 0.3) is 0 Å². The number of aromatic nitrogens is 2. The lowest BCUT2D eigenvalue weighted by atomic mass is 9.94. The number of nitrogens with zero attached hydrogens (tertiary/aromatic N) is 2. The Morgan fingerprint density at radius 1 is 1.42 bits per heavy atom. The Hall–Kier alpha value is -1.99. The molecule has 0 aliphatic carbocycles. The van der Waals surface area contributed by atoms with Crippen LogP contribution in [0.5, 0.6) is 0 Å². The molecule has 3 N–H and O–H groups in total. The average molecular weight is 393 g/mol. The third-order valence-electron chi connectivity index (χ3n) is 4.51. The van der Waals surface area contributed by atoms with E-state index in [1.165, 1.54) is 11.8 Å². The summed E-state index contributed by atoms with van der Waals surface area (Å²) in [5, 5.41) is 7.25. The van der Waals surface area contributed by atoms with E-state index in [-0.39, 0.29) is 22.8 Å². The topological polar surface area (TPSA) is 92.1 Å². The number of carbonyl (C=O) groups excluding carboxylic acids is 2. The minimum Gasteiger partial charge on any atom is -0.364 e. The van der Waals surface area contributed by atoms with E-state index in [2.05, 4.69) is 10.2 Å². The van der Waals surface area contributed by atoms with Gasteiger partial charge in [-0.3, -0.25) is 14.7 Å². The lowest BCUT2D eigenvalue weighted by Crippen LogP contribution is -2.42. The minimum atomic E-state index is -0.555. The summed E-state index contributed by atoms with van der Waals surface area (Å²) in [5.74, 6) is -0.332. The zero-order valence-electron chi connectivity index (χ0n) is 14.4. The van der Waals surface area contributed by atoms with E-state index in [1.54, 1.807) is 6.07 Å². The van der Waals surface area contributed by atoms with Crippen LogP contribution in [-0.4, -0.2) is 45.3 Å². The maximum atomic E-state index is 12.9. The number of likely N-dealkylation sites (tertiary alicyclic amines) is 1. The zero-order valence-corrected chi connectivity index (χ0v) is 16.0. The molecule has 0 spiro atoms. The van der Waals surface area contributed by atoms with Crippen LogP contribution in [0.2, 0.25) is 5.02 Å². The van der Waals surface area contributed by atoms with Gasteiger partial charge >= 0.3 is 0 Å². The van der Waals surface area contributed by atoms with E-state index in [0.717, 1.165) is 30.0 Å². The van der Waals surface area contributed by atoms with Gasteiger partial charge in [-0.2, -0.15) is 5.10 Å². The van der Waals surface area contributed by atoms with Crippen LogP contribution in [-0.2, 0) is 4.79 Å². The fraction of sp³-hybridized carbons (Fsp3) is 0.389. The molecule has 2 atom stereocenters. The molecule has 0 saturated carbocycles. The highest BCUT2D eigenvalue weighted by atomic mass is 35.5. The van der Waals surface area contributed by atoms with Crippen LogP contribution in [0.4, 0.5) is 0 Å². The smallest absolute Gasteiger partial charge is 0.269 e. The Morgan fingerprint density at radius 2 is 2.19 bits per heavy atom. The predicted octanol–water partition coefficient (Wildman–Crippen LogP) is 3.05. The van der Waals surface area contributed by atoms with E-state index in [0.29, 0.717) is 11.6 Å². The van der Waals surface area contributed by atoms with E-state index in [4.69, 9.17) is 17.3 Å². The van der Waals surface area contributed by atoms with Gasteiger partial charge in [0.05, 0.1) is 10.3 Å². The Morgan fingerprint density at radius 3 is 2.88 bits per heavy atom. The number of benzene rings is 1. The van der Waals surface area contributed by atoms with Gasteiger partial charge in [0.15, 0.2) is 0 Å². The molecular weight excluding hydrogens is 372 g/mol. The second-order valence-electron chi connectivity index (χ2n) is 6.39. The van der Waals surface area contributed by atoms with Crippen LogP contribution >= 0.6 is 23.4 Å². The molecule has 26 heavy (non-hydrogen) atoms. The highest BCUT2D eigenvalue weighted by Gasteiger charge is 2.29. The molecule has 8 heteroatoms. The first-order chi connectivity index (χ1) is 12.5. The van der Waals surface area contributed by atoms with Gasteiger partial charge in [0.2, 0.25) is 5.91 Å². The number of amides is 2. The number of primary amides is 1. The zero-order chi connectivity index (χ0) is 18.7. The lowest BCUT2D eigenvalue weighted by Gasteiger charge is -2.33. The second-order valence-corrected chi connectivity index (χ2v) is 8.18. The molecule has 1 aliphatic rings. The maximum absolute atomic E-state index is 12.9. The van der Waals surface area contributed by atoms with E-state index in [1.807, 2.05) is 36.1 Å². The number of nitrogens with one attached hydrogen (secondary N) is 1. The summed E-state index contributed by atoms with van der Waals surface area (Å²) in [6.07, 6.45) is 1.85. The van der Waals surface area contributed by atoms with E-state index in [9.17, 15) is 9.59 Å². The van der Waals surface area contributed by atoms with Crippen LogP contribution < -0.4 is 5.73 Å². The lowest BCUT2D eigenvalue weighted by molar-refractivity contribution is -0.131. The maximum Gasteiger partial charge on any atom is 0.269 e. The number of halogens is 1. The van der Waals surface area contributed by atoms with Gasteiger partial charge in [0.25, 0.3) is 5.91 Å². The fourth-order valence-electron chi connectivity index (χ4n) is 3.14. The van der Waals surface area contributed by atoms with Crippen LogP contribution in [0.3, 0.4) is 0 Å². The van der Waals surface area contributed by atoms with Crippen molar-refractivity contribution in [3.05, 3.63) is 46.7 Å². The molecule has 2 aromatic rings. The van der Waals surface area contributed by atoms with Crippen molar-refractivity contribution < 1.29 is 9.59 Å². The van der Waals surface area contributed by atoms with Crippen LogP contribution in [0.1, 0.15) is 41.9 Å². The van der Waals surface area contributed by atoms with E-state index < -0.39 is 5.91 Å². The molecule has 0 bridgehead atoms. The predicted molar refractivity (Wildman–Crippen MR) is 102 cm³/mol. The molecule has 6 nitrogen and oxygen atoms in total. The van der Waals surface area contributed by atoms with Crippen molar-refractivity contribution in [2.45, 2.75) is 35.8 Å². The highest BCUT2D eigenvalue weighted by Crippen LogP contribution is 2.32. The summed E-state index contributed by atoms with van der Waals surface area (Å²) >= 11 is 7.67. The van der Waals surface area contributed by atoms with Crippen LogP contribution in [0.15, 0.2) is 35.2 Å². The summed E-state index contributed by atoms with van der Waals surface area (Å²) in [5.41, 5.74) is 6.34. The number of hydrogen-bond acceptors (Lipinski definition) is 4. The summed E-state index contributed by atoms with van der Waals surface area (Å²) < 4.78 is 0. The van der Waals surface area contributed by atoms with Crippen molar-refractivity contribution in [1.82, 2.24) is 15.1 Å². The van der Waals surface area contributed by atoms with Gasteiger partial charge in [-0.15, -0.1) is 11.8 Å². The first kappa shape index (κ1) is 18.8. The van der Waals surface area contributed by atoms with Gasteiger partial charge in [0.1, 0.15) is 5.69 Å². The molecule has 2 heterocycles. The minimum absolute atomic E-state index is 0.0919. The third kappa shape index (κ3) is 4.22. The summed E-state index contributed by atoms with van der Waals surface area (Å²) in [6, 6.07) is 9.22. The Kier molecular flexibility index (Phi) is 5.88. The van der Waals surface area contributed by atoms with Crippen molar-refractivity contribution in [2.24, 2.45) is 5.73 Å². The van der Waals surface area contributed by atoms with Crippen LogP contribution in [0, 0.1) is 0 Å². The number of rotatable bonds is 5. The first-order valence-electron chi connectivity index (χ1n) is 8.50. The Labute approximate surface area is 161 Å². The number of nitrogens with two attached hydrogens (primary N) is 1. The number of thioether (sulfide) groups is 1.